The Labute approximate surface area is 127 Å². The lowest BCUT2D eigenvalue weighted by molar-refractivity contribution is 0.528. The smallest absolute Gasteiger partial charge is 0.243 e. The standard InChI is InChI=1S/C15H25N3O2S/c1-12(2)18-11-15(13(3)17-18)21(19,20)16-10-9-14-7-5-4-6-8-14/h7,11-12,16H,4-6,8-10H2,1-3H3. The van der Waals surface area contributed by atoms with Crippen molar-refractivity contribution in [3.05, 3.63) is 23.5 Å². The van der Waals surface area contributed by atoms with Crippen molar-refractivity contribution in [1.82, 2.24) is 14.5 Å². The third-order valence-electron chi connectivity index (χ3n) is 3.81. The Morgan fingerprint density at radius 1 is 1.38 bits per heavy atom. The average molecular weight is 311 g/mol. The SMILES string of the molecule is Cc1nn(C(C)C)cc1S(=O)(=O)NCCC1=CCCCC1. The number of allylic oxidation sites excluding steroid dienone is 1. The van der Waals surface area contributed by atoms with E-state index in [4.69, 9.17) is 0 Å². The number of sulfonamides is 1. The minimum Gasteiger partial charge on any atom is -0.269 e. The van der Waals surface area contributed by atoms with Gasteiger partial charge in [0.1, 0.15) is 4.90 Å². The van der Waals surface area contributed by atoms with Gasteiger partial charge in [0.25, 0.3) is 0 Å². The van der Waals surface area contributed by atoms with Crippen molar-refractivity contribution in [2.75, 3.05) is 6.54 Å². The summed E-state index contributed by atoms with van der Waals surface area (Å²) in [5, 5.41) is 4.26. The van der Waals surface area contributed by atoms with Gasteiger partial charge in [-0.2, -0.15) is 5.10 Å². The summed E-state index contributed by atoms with van der Waals surface area (Å²) in [7, 11) is -3.47. The van der Waals surface area contributed by atoms with Gasteiger partial charge in [0.05, 0.1) is 5.69 Å². The van der Waals surface area contributed by atoms with Gasteiger partial charge in [-0.25, -0.2) is 13.1 Å². The van der Waals surface area contributed by atoms with Crippen molar-refractivity contribution in [3.63, 3.8) is 0 Å². The van der Waals surface area contributed by atoms with Crippen LogP contribution < -0.4 is 4.72 Å². The molecular formula is C15H25N3O2S. The van der Waals surface area contributed by atoms with Crippen LogP contribution in [0.2, 0.25) is 0 Å². The highest BCUT2D eigenvalue weighted by Crippen LogP contribution is 2.20. The maximum Gasteiger partial charge on any atom is 0.243 e. The molecule has 0 fully saturated rings. The van der Waals surface area contributed by atoms with E-state index in [9.17, 15) is 8.42 Å². The molecule has 5 nitrogen and oxygen atoms in total. The first kappa shape index (κ1) is 16.2. The normalized spacial score (nSPS) is 16.3. The Bertz CT molecular complexity index is 615. The highest BCUT2D eigenvalue weighted by atomic mass is 32.2. The van der Waals surface area contributed by atoms with Crippen LogP contribution in [0.5, 0.6) is 0 Å². The summed E-state index contributed by atoms with van der Waals surface area (Å²) in [5.74, 6) is 0. The molecule has 1 aromatic heterocycles. The molecule has 6 heteroatoms. The predicted octanol–water partition coefficient (Wildman–Crippen LogP) is 2.94. The second kappa shape index (κ2) is 6.75. The minimum absolute atomic E-state index is 0.153. The van der Waals surface area contributed by atoms with E-state index in [0.717, 1.165) is 19.3 Å². The monoisotopic (exact) mass is 311 g/mol. The lowest BCUT2D eigenvalue weighted by Crippen LogP contribution is -2.25. The summed E-state index contributed by atoms with van der Waals surface area (Å²) in [5.41, 5.74) is 1.92. The summed E-state index contributed by atoms with van der Waals surface area (Å²) < 4.78 is 29.1. The summed E-state index contributed by atoms with van der Waals surface area (Å²) in [6.45, 7) is 6.15. The molecule has 0 spiro atoms. The number of nitrogens with one attached hydrogen (secondary N) is 1. The second-order valence-electron chi connectivity index (χ2n) is 5.91. The van der Waals surface area contributed by atoms with Crippen molar-refractivity contribution in [3.8, 4) is 0 Å². The van der Waals surface area contributed by atoms with Crippen molar-refractivity contribution in [1.29, 1.82) is 0 Å². The molecule has 1 N–H and O–H groups in total. The number of hydrogen-bond acceptors (Lipinski definition) is 3. The van der Waals surface area contributed by atoms with Crippen molar-refractivity contribution in [2.45, 2.75) is 63.8 Å². The third-order valence-corrected chi connectivity index (χ3v) is 5.38. The molecule has 0 saturated carbocycles. The maximum absolute atomic E-state index is 12.3. The summed E-state index contributed by atoms with van der Waals surface area (Å²) >= 11 is 0. The Balaban J connectivity index is 1.99. The molecular weight excluding hydrogens is 286 g/mol. The van der Waals surface area contributed by atoms with Crippen molar-refractivity contribution < 1.29 is 8.42 Å². The van der Waals surface area contributed by atoms with Crippen molar-refractivity contribution >= 4 is 10.0 Å². The lowest BCUT2D eigenvalue weighted by Gasteiger charge is -2.12. The lowest BCUT2D eigenvalue weighted by atomic mass is 9.97. The molecule has 0 aliphatic heterocycles. The first-order chi connectivity index (χ1) is 9.90. The van der Waals surface area contributed by atoms with Crippen LogP contribution in [-0.4, -0.2) is 24.7 Å². The summed E-state index contributed by atoms with van der Waals surface area (Å²) in [6.07, 6.45) is 9.37. The van der Waals surface area contributed by atoms with Gasteiger partial charge in [0.2, 0.25) is 10.0 Å². The molecule has 1 aromatic rings. The third kappa shape index (κ3) is 4.17. The van der Waals surface area contributed by atoms with Crippen molar-refractivity contribution in [2.24, 2.45) is 0 Å². The van der Waals surface area contributed by atoms with Gasteiger partial charge in [0, 0.05) is 18.8 Å². The van der Waals surface area contributed by atoms with E-state index in [1.807, 2.05) is 13.8 Å². The van der Waals surface area contributed by atoms with Crippen LogP contribution in [0.25, 0.3) is 0 Å². The molecule has 21 heavy (non-hydrogen) atoms. The zero-order chi connectivity index (χ0) is 15.5. The average Bonchev–Trinajstić information content (AvgIpc) is 2.83. The number of aromatic nitrogens is 2. The Morgan fingerprint density at radius 3 is 2.71 bits per heavy atom. The summed E-state index contributed by atoms with van der Waals surface area (Å²) in [6, 6.07) is 0.153. The number of hydrogen-bond donors (Lipinski definition) is 1. The molecule has 0 radical (unpaired) electrons. The van der Waals surface area contributed by atoms with Gasteiger partial charge in [0.15, 0.2) is 0 Å². The number of rotatable bonds is 6. The highest BCUT2D eigenvalue weighted by molar-refractivity contribution is 7.89. The first-order valence-electron chi connectivity index (χ1n) is 7.63. The minimum atomic E-state index is -3.47. The fourth-order valence-corrected chi connectivity index (χ4v) is 3.75. The zero-order valence-electron chi connectivity index (χ0n) is 13.1. The molecule has 0 unspecified atom stereocenters. The second-order valence-corrected chi connectivity index (χ2v) is 7.64. The fraction of sp³-hybridized carbons (Fsp3) is 0.667. The molecule has 2 rings (SSSR count). The molecule has 1 aliphatic rings. The summed E-state index contributed by atoms with van der Waals surface area (Å²) in [4.78, 5) is 0.286. The topological polar surface area (TPSA) is 64.0 Å². The molecule has 118 valence electrons. The van der Waals surface area contributed by atoms with Gasteiger partial charge in [-0.05, 0) is 52.9 Å². The fourth-order valence-electron chi connectivity index (χ4n) is 2.55. The zero-order valence-corrected chi connectivity index (χ0v) is 13.9. The van der Waals surface area contributed by atoms with E-state index in [-0.39, 0.29) is 10.9 Å². The maximum atomic E-state index is 12.3. The molecule has 1 heterocycles. The number of nitrogens with zero attached hydrogens (tertiary/aromatic N) is 2. The van der Waals surface area contributed by atoms with Gasteiger partial charge in [-0.3, -0.25) is 4.68 Å². The van der Waals surface area contributed by atoms with E-state index in [2.05, 4.69) is 15.9 Å². The van der Waals surface area contributed by atoms with Crippen LogP contribution in [0.4, 0.5) is 0 Å². The van der Waals surface area contributed by atoms with Gasteiger partial charge in [-0.1, -0.05) is 11.6 Å². The largest absolute Gasteiger partial charge is 0.269 e. The van der Waals surface area contributed by atoms with E-state index >= 15 is 0 Å². The molecule has 1 aliphatic carbocycles. The van der Waals surface area contributed by atoms with E-state index in [0.29, 0.717) is 12.2 Å². The van der Waals surface area contributed by atoms with Gasteiger partial charge in [-0.15, -0.1) is 0 Å². The van der Waals surface area contributed by atoms with E-state index < -0.39 is 10.0 Å². The van der Waals surface area contributed by atoms with Crippen LogP contribution in [0.15, 0.2) is 22.7 Å². The van der Waals surface area contributed by atoms with Crippen LogP contribution in [0.1, 0.15) is 57.7 Å². The van der Waals surface area contributed by atoms with Crippen LogP contribution in [-0.2, 0) is 10.0 Å². The Hall–Kier alpha value is -1.14. The molecule has 0 amide bonds. The molecule has 0 bridgehead atoms. The Kier molecular flexibility index (Phi) is 5.22. The van der Waals surface area contributed by atoms with Crippen LogP contribution in [0, 0.1) is 6.92 Å². The number of aryl methyl sites for hydroxylation is 1. The molecule has 0 atom stereocenters. The van der Waals surface area contributed by atoms with Crippen LogP contribution >= 0.6 is 0 Å². The molecule has 0 aromatic carbocycles. The first-order valence-corrected chi connectivity index (χ1v) is 9.12. The van der Waals surface area contributed by atoms with E-state index in [1.54, 1.807) is 17.8 Å². The quantitative estimate of drug-likeness (QED) is 0.822. The molecule has 0 saturated heterocycles. The predicted molar refractivity (Wildman–Crippen MR) is 83.7 cm³/mol. The van der Waals surface area contributed by atoms with Gasteiger partial charge < -0.3 is 0 Å². The van der Waals surface area contributed by atoms with Gasteiger partial charge >= 0.3 is 0 Å². The Morgan fingerprint density at radius 2 is 2.14 bits per heavy atom. The highest BCUT2D eigenvalue weighted by Gasteiger charge is 2.20. The van der Waals surface area contributed by atoms with E-state index in [1.165, 1.54) is 18.4 Å². The van der Waals surface area contributed by atoms with Crippen LogP contribution in [0.3, 0.4) is 0 Å².